The number of aromatic nitrogens is 2. The van der Waals surface area contributed by atoms with E-state index in [2.05, 4.69) is 29.1 Å². The second kappa shape index (κ2) is 5.62. The Morgan fingerprint density at radius 1 is 1.37 bits per heavy atom. The van der Waals surface area contributed by atoms with Gasteiger partial charge in [-0.1, -0.05) is 6.92 Å². The standard InChI is InChI=1S/C13H18N6/c1-10-3-7-18(8-4-10)13-11(9-15)12(16)19(17-13)6-2-5-14/h10H,2-4,6-8,16H2,1H3. The lowest BCUT2D eigenvalue weighted by atomic mass is 9.99. The average molecular weight is 258 g/mol. The summed E-state index contributed by atoms with van der Waals surface area (Å²) >= 11 is 0. The van der Waals surface area contributed by atoms with Crippen LogP contribution >= 0.6 is 0 Å². The van der Waals surface area contributed by atoms with Crippen LogP contribution in [0.2, 0.25) is 0 Å². The van der Waals surface area contributed by atoms with Crippen molar-refractivity contribution in [3.8, 4) is 12.1 Å². The van der Waals surface area contributed by atoms with Crippen molar-refractivity contribution in [3.05, 3.63) is 5.56 Å². The van der Waals surface area contributed by atoms with Crippen molar-refractivity contribution in [2.75, 3.05) is 23.7 Å². The van der Waals surface area contributed by atoms with E-state index in [4.69, 9.17) is 11.0 Å². The van der Waals surface area contributed by atoms with E-state index in [9.17, 15) is 5.26 Å². The Hall–Kier alpha value is -2.21. The van der Waals surface area contributed by atoms with E-state index in [1.54, 1.807) is 4.68 Å². The molecule has 1 aromatic heterocycles. The molecule has 100 valence electrons. The largest absolute Gasteiger partial charge is 0.383 e. The number of piperidine rings is 1. The van der Waals surface area contributed by atoms with Crippen LogP contribution in [-0.4, -0.2) is 22.9 Å². The third kappa shape index (κ3) is 2.63. The summed E-state index contributed by atoms with van der Waals surface area (Å²) in [6, 6.07) is 4.20. The zero-order chi connectivity index (χ0) is 13.8. The molecule has 2 rings (SSSR count). The zero-order valence-electron chi connectivity index (χ0n) is 11.1. The molecule has 0 bridgehead atoms. The highest BCUT2D eigenvalue weighted by molar-refractivity contribution is 5.65. The monoisotopic (exact) mass is 258 g/mol. The van der Waals surface area contributed by atoms with Crippen LogP contribution in [0, 0.1) is 28.6 Å². The van der Waals surface area contributed by atoms with Gasteiger partial charge in [0.15, 0.2) is 5.82 Å². The van der Waals surface area contributed by atoms with E-state index >= 15 is 0 Å². The first kappa shape index (κ1) is 13.2. The molecule has 1 aromatic rings. The molecular formula is C13H18N6. The normalized spacial score (nSPS) is 16.1. The maximum atomic E-state index is 9.25. The quantitative estimate of drug-likeness (QED) is 0.886. The van der Waals surface area contributed by atoms with Crippen molar-refractivity contribution >= 4 is 11.6 Å². The first-order valence-electron chi connectivity index (χ1n) is 6.55. The SMILES string of the molecule is CC1CCN(c2nn(CCC#N)c(N)c2C#N)CC1. The minimum absolute atomic E-state index is 0.340. The lowest BCUT2D eigenvalue weighted by Crippen LogP contribution is -2.33. The first-order chi connectivity index (χ1) is 9.17. The van der Waals surface area contributed by atoms with E-state index in [-0.39, 0.29) is 0 Å². The van der Waals surface area contributed by atoms with Crippen molar-refractivity contribution in [1.82, 2.24) is 9.78 Å². The highest BCUT2D eigenvalue weighted by atomic mass is 15.4. The molecule has 1 aliphatic heterocycles. The number of nitrogens with zero attached hydrogens (tertiary/aromatic N) is 5. The molecule has 0 atom stereocenters. The number of aryl methyl sites for hydroxylation is 1. The molecule has 0 aliphatic carbocycles. The fourth-order valence-electron chi connectivity index (χ4n) is 2.34. The smallest absolute Gasteiger partial charge is 0.170 e. The van der Waals surface area contributed by atoms with Crippen molar-refractivity contribution in [2.45, 2.75) is 32.7 Å². The third-order valence-electron chi connectivity index (χ3n) is 3.60. The third-order valence-corrected chi connectivity index (χ3v) is 3.60. The molecule has 2 heterocycles. The van der Waals surface area contributed by atoms with Crippen LogP contribution in [0.1, 0.15) is 31.7 Å². The molecule has 0 aromatic carbocycles. The van der Waals surface area contributed by atoms with E-state index in [1.807, 2.05) is 0 Å². The predicted octanol–water partition coefficient (Wildman–Crippen LogP) is 1.49. The molecule has 0 amide bonds. The van der Waals surface area contributed by atoms with Crippen LogP contribution in [0.25, 0.3) is 0 Å². The van der Waals surface area contributed by atoms with Crippen LogP contribution in [0.3, 0.4) is 0 Å². The van der Waals surface area contributed by atoms with Crippen LogP contribution in [0.15, 0.2) is 0 Å². The molecule has 1 saturated heterocycles. The van der Waals surface area contributed by atoms with Gasteiger partial charge in [-0.2, -0.15) is 15.6 Å². The Labute approximate surface area is 113 Å². The Morgan fingerprint density at radius 2 is 2.05 bits per heavy atom. The molecule has 6 nitrogen and oxygen atoms in total. The molecule has 19 heavy (non-hydrogen) atoms. The maximum absolute atomic E-state index is 9.25. The summed E-state index contributed by atoms with van der Waals surface area (Å²) in [4.78, 5) is 2.12. The van der Waals surface area contributed by atoms with E-state index in [0.29, 0.717) is 30.2 Å². The topological polar surface area (TPSA) is 94.7 Å². The predicted molar refractivity (Wildman–Crippen MR) is 72.2 cm³/mol. The highest BCUT2D eigenvalue weighted by Crippen LogP contribution is 2.28. The number of hydrogen-bond acceptors (Lipinski definition) is 5. The second-order valence-corrected chi connectivity index (χ2v) is 5.00. The Bertz CT molecular complexity index is 525. The van der Waals surface area contributed by atoms with Gasteiger partial charge in [-0.3, -0.25) is 0 Å². The van der Waals surface area contributed by atoms with Gasteiger partial charge in [-0.05, 0) is 18.8 Å². The van der Waals surface area contributed by atoms with E-state index < -0.39 is 0 Å². The number of rotatable bonds is 3. The number of nitrogens with two attached hydrogens (primary N) is 1. The lowest BCUT2D eigenvalue weighted by Gasteiger charge is -2.30. The summed E-state index contributed by atoms with van der Waals surface area (Å²) in [5, 5.41) is 22.3. The summed E-state index contributed by atoms with van der Waals surface area (Å²) < 4.78 is 1.56. The van der Waals surface area contributed by atoms with Gasteiger partial charge in [0.1, 0.15) is 17.5 Å². The molecule has 2 N–H and O–H groups in total. The maximum Gasteiger partial charge on any atom is 0.170 e. The van der Waals surface area contributed by atoms with Gasteiger partial charge in [0.05, 0.1) is 19.0 Å². The molecule has 0 saturated carbocycles. The zero-order valence-corrected chi connectivity index (χ0v) is 11.1. The number of anilines is 2. The fourth-order valence-corrected chi connectivity index (χ4v) is 2.34. The lowest BCUT2D eigenvalue weighted by molar-refractivity contribution is 0.435. The summed E-state index contributed by atoms with van der Waals surface area (Å²) in [5.41, 5.74) is 6.37. The van der Waals surface area contributed by atoms with Crippen LogP contribution < -0.4 is 10.6 Å². The first-order valence-corrected chi connectivity index (χ1v) is 6.55. The minimum Gasteiger partial charge on any atom is -0.383 e. The Morgan fingerprint density at radius 3 is 2.63 bits per heavy atom. The highest BCUT2D eigenvalue weighted by Gasteiger charge is 2.24. The molecule has 0 radical (unpaired) electrons. The van der Waals surface area contributed by atoms with Gasteiger partial charge in [-0.15, -0.1) is 0 Å². The summed E-state index contributed by atoms with van der Waals surface area (Å²) in [5.74, 6) is 1.76. The van der Waals surface area contributed by atoms with E-state index in [1.165, 1.54) is 0 Å². The molecule has 0 spiro atoms. The van der Waals surface area contributed by atoms with Crippen molar-refractivity contribution in [2.24, 2.45) is 5.92 Å². The summed E-state index contributed by atoms with van der Waals surface area (Å²) in [6.45, 7) is 4.48. The van der Waals surface area contributed by atoms with Crippen molar-refractivity contribution in [3.63, 3.8) is 0 Å². The Kier molecular flexibility index (Phi) is 3.91. The van der Waals surface area contributed by atoms with Gasteiger partial charge >= 0.3 is 0 Å². The van der Waals surface area contributed by atoms with Gasteiger partial charge in [-0.25, -0.2) is 4.68 Å². The number of hydrogen-bond donors (Lipinski definition) is 1. The fraction of sp³-hybridized carbons (Fsp3) is 0.615. The molecule has 1 fully saturated rings. The summed E-state index contributed by atoms with van der Waals surface area (Å²) in [7, 11) is 0. The molecule has 6 heteroatoms. The second-order valence-electron chi connectivity index (χ2n) is 5.00. The van der Waals surface area contributed by atoms with Gasteiger partial charge < -0.3 is 10.6 Å². The Balaban J connectivity index is 2.25. The molecule has 0 unspecified atom stereocenters. The van der Waals surface area contributed by atoms with Gasteiger partial charge in [0, 0.05) is 13.1 Å². The van der Waals surface area contributed by atoms with Crippen molar-refractivity contribution < 1.29 is 0 Å². The van der Waals surface area contributed by atoms with Crippen LogP contribution in [-0.2, 0) is 6.54 Å². The van der Waals surface area contributed by atoms with Crippen LogP contribution in [0.5, 0.6) is 0 Å². The average Bonchev–Trinajstić information content (AvgIpc) is 2.73. The number of nitriles is 2. The van der Waals surface area contributed by atoms with Gasteiger partial charge in [0.2, 0.25) is 0 Å². The molecular weight excluding hydrogens is 240 g/mol. The van der Waals surface area contributed by atoms with Crippen LogP contribution in [0.4, 0.5) is 11.6 Å². The van der Waals surface area contributed by atoms with E-state index in [0.717, 1.165) is 31.8 Å². The number of nitrogen functional groups attached to an aromatic ring is 1. The summed E-state index contributed by atoms with van der Waals surface area (Å²) in [6.07, 6.45) is 2.55. The molecule has 1 aliphatic rings. The van der Waals surface area contributed by atoms with Gasteiger partial charge in [0.25, 0.3) is 0 Å². The van der Waals surface area contributed by atoms with Crippen molar-refractivity contribution in [1.29, 1.82) is 10.5 Å². The minimum atomic E-state index is 0.340.